The first-order valence-electron chi connectivity index (χ1n) is 8.78. The highest BCUT2D eigenvalue weighted by Gasteiger charge is 2.28. The number of nitrogens with zero attached hydrogens (tertiary/aromatic N) is 3. The van der Waals surface area contributed by atoms with Crippen LogP contribution in [0.15, 0.2) is 23.1 Å². The maximum Gasteiger partial charge on any atom is 0.293 e. The van der Waals surface area contributed by atoms with Crippen LogP contribution < -0.4 is 9.62 Å². The van der Waals surface area contributed by atoms with Gasteiger partial charge in [0.15, 0.2) is 0 Å². The molecule has 0 bridgehead atoms. The minimum absolute atomic E-state index is 0.0789. The van der Waals surface area contributed by atoms with E-state index in [0.717, 1.165) is 25.6 Å². The number of nitro groups is 1. The largest absolute Gasteiger partial charge is 0.365 e. The Hall–Kier alpha value is -1.71. The van der Waals surface area contributed by atoms with Gasteiger partial charge in [0.1, 0.15) is 5.69 Å². The lowest BCUT2D eigenvalue weighted by atomic mass is 9.91. The van der Waals surface area contributed by atoms with Crippen molar-refractivity contribution in [2.45, 2.75) is 25.2 Å². The summed E-state index contributed by atoms with van der Waals surface area (Å²) in [6, 6.07) is 4.17. The summed E-state index contributed by atoms with van der Waals surface area (Å²) in [5.41, 5.74) is 0.322. The Morgan fingerprint density at radius 3 is 2.42 bits per heavy atom. The van der Waals surface area contributed by atoms with Gasteiger partial charge in [0, 0.05) is 32.2 Å². The standard InChI is InChI=1S/C17H28N4O4S/c1-13-9-14(2)12-20(11-13)16-6-5-15(10-17(16)21(22)23)26(24,25)18-7-8-19(3)4/h5-6,10,13-14,18H,7-9,11-12H2,1-4H3. The molecule has 0 spiro atoms. The van der Waals surface area contributed by atoms with E-state index >= 15 is 0 Å². The van der Waals surface area contributed by atoms with Crippen LogP contribution in [0.4, 0.5) is 11.4 Å². The van der Waals surface area contributed by atoms with Crippen molar-refractivity contribution in [3.05, 3.63) is 28.3 Å². The van der Waals surface area contributed by atoms with Gasteiger partial charge >= 0.3 is 0 Å². The van der Waals surface area contributed by atoms with Gasteiger partial charge in [-0.2, -0.15) is 0 Å². The molecule has 146 valence electrons. The van der Waals surface area contributed by atoms with E-state index in [2.05, 4.69) is 18.6 Å². The molecular weight excluding hydrogens is 356 g/mol. The van der Waals surface area contributed by atoms with Gasteiger partial charge in [0.25, 0.3) is 5.69 Å². The summed E-state index contributed by atoms with van der Waals surface area (Å²) in [7, 11) is -0.0970. The van der Waals surface area contributed by atoms with Crippen LogP contribution in [0.1, 0.15) is 20.3 Å². The number of piperidine rings is 1. The van der Waals surface area contributed by atoms with Crippen LogP contribution in [0.3, 0.4) is 0 Å². The van der Waals surface area contributed by atoms with E-state index < -0.39 is 14.9 Å². The summed E-state index contributed by atoms with van der Waals surface area (Å²) in [5, 5.41) is 11.6. The zero-order valence-electron chi connectivity index (χ0n) is 15.8. The first-order valence-corrected chi connectivity index (χ1v) is 10.3. The zero-order chi connectivity index (χ0) is 19.5. The minimum atomic E-state index is -3.78. The average molecular weight is 385 g/mol. The maximum absolute atomic E-state index is 12.4. The molecule has 0 aromatic heterocycles. The highest BCUT2D eigenvalue weighted by Crippen LogP contribution is 2.34. The molecule has 0 amide bonds. The van der Waals surface area contributed by atoms with E-state index in [1.54, 1.807) is 6.07 Å². The highest BCUT2D eigenvalue weighted by atomic mass is 32.2. The molecule has 0 radical (unpaired) electrons. The Kier molecular flexibility index (Phi) is 6.59. The lowest BCUT2D eigenvalue weighted by Crippen LogP contribution is -2.39. The van der Waals surface area contributed by atoms with Gasteiger partial charge in [-0.15, -0.1) is 0 Å². The third-order valence-electron chi connectivity index (χ3n) is 4.51. The predicted octanol–water partition coefficient (Wildman–Crippen LogP) is 1.92. The fraction of sp³-hybridized carbons (Fsp3) is 0.647. The number of benzene rings is 1. The van der Waals surface area contributed by atoms with Crippen molar-refractivity contribution in [1.29, 1.82) is 0 Å². The third-order valence-corrected chi connectivity index (χ3v) is 5.97. The van der Waals surface area contributed by atoms with Crippen molar-refractivity contribution in [1.82, 2.24) is 9.62 Å². The number of rotatable bonds is 7. The van der Waals surface area contributed by atoms with E-state index in [1.165, 1.54) is 6.07 Å². The van der Waals surface area contributed by atoms with Crippen LogP contribution >= 0.6 is 0 Å². The van der Waals surface area contributed by atoms with Crippen molar-refractivity contribution in [3.8, 4) is 0 Å². The monoisotopic (exact) mass is 384 g/mol. The molecule has 1 aromatic rings. The Labute approximate surface area is 155 Å². The summed E-state index contributed by atoms with van der Waals surface area (Å²) < 4.78 is 27.3. The molecular formula is C17H28N4O4S. The van der Waals surface area contributed by atoms with E-state index in [4.69, 9.17) is 0 Å². The summed E-state index contributed by atoms with van der Waals surface area (Å²) in [6.45, 7) is 6.51. The van der Waals surface area contributed by atoms with Gasteiger partial charge in [-0.1, -0.05) is 13.8 Å². The zero-order valence-corrected chi connectivity index (χ0v) is 16.6. The molecule has 0 saturated carbocycles. The Balaban J connectivity index is 2.30. The summed E-state index contributed by atoms with van der Waals surface area (Å²) in [6.07, 6.45) is 1.09. The maximum atomic E-state index is 12.4. The van der Waals surface area contributed by atoms with Crippen molar-refractivity contribution in [2.75, 3.05) is 45.2 Å². The quantitative estimate of drug-likeness (QED) is 0.570. The molecule has 9 heteroatoms. The van der Waals surface area contributed by atoms with Crippen LogP contribution in [-0.4, -0.2) is 58.5 Å². The van der Waals surface area contributed by atoms with Crippen LogP contribution in [0, 0.1) is 22.0 Å². The minimum Gasteiger partial charge on any atom is -0.365 e. The smallest absolute Gasteiger partial charge is 0.293 e. The SMILES string of the molecule is CC1CC(C)CN(c2ccc(S(=O)(=O)NCCN(C)C)cc2[N+](=O)[O-])C1. The van der Waals surface area contributed by atoms with E-state index in [-0.39, 0.29) is 17.1 Å². The first-order chi connectivity index (χ1) is 12.1. The van der Waals surface area contributed by atoms with Crippen LogP contribution in [-0.2, 0) is 10.0 Å². The summed E-state index contributed by atoms with van der Waals surface area (Å²) in [5.74, 6) is 0.879. The second kappa shape index (κ2) is 8.32. The fourth-order valence-electron chi connectivity index (χ4n) is 3.43. The average Bonchev–Trinajstić information content (AvgIpc) is 2.52. The van der Waals surface area contributed by atoms with Gasteiger partial charge in [-0.3, -0.25) is 10.1 Å². The van der Waals surface area contributed by atoms with Crippen LogP contribution in [0.5, 0.6) is 0 Å². The highest BCUT2D eigenvalue weighted by molar-refractivity contribution is 7.89. The molecule has 1 N–H and O–H groups in total. The third kappa shape index (κ3) is 5.15. The molecule has 1 aliphatic heterocycles. The predicted molar refractivity (Wildman–Crippen MR) is 102 cm³/mol. The molecule has 1 heterocycles. The number of nitro benzene ring substituents is 1. The lowest BCUT2D eigenvalue weighted by molar-refractivity contribution is -0.384. The number of anilines is 1. The second-order valence-corrected chi connectivity index (χ2v) is 9.23. The topological polar surface area (TPSA) is 95.8 Å². The normalized spacial score (nSPS) is 21.2. The van der Waals surface area contributed by atoms with Crippen LogP contribution in [0.25, 0.3) is 0 Å². The van der Waals surface area contributed by atoms with Gasteiger partial charge in [-0.05, 0) is 44.5 Å². The lowest BCUT2D eigenvalue weighted by Gasteiger charge is -2.36. The molecule has 26 heavy (non-hydrogen) atoms. The van der Waals surface area contributed by atoms with Crippen LogP contribution in [0.2, 0.25) is 0 Å². The molecule has 2 unspecified atom stereocenters. The Morgan fingerprint density at radius 1 is 1.27 bits per heavy atom. The van der Waals surface area contributed by atoms with Gasteiger partial charge < -0.3 is 9.80 Å². The van der Waals surface area contributed by atoms with E-state index in [1.807, 2.05) is 23.9 Å². The second-order valence-electron chi connectivity index (χ2n) is 7.46. The molecule has 1 saturated heterocycles. The first kappa shape index (κ1) is 20.6. The molecule has 2 atom stereocenters. The molecule has 8 nitrogen and oxygen atoms in total. The molecule has 1 aliphatic rings. The van der Waals surface area contributed by atoms with Crippen molar-refractivity contribution >= 4 is 21.4 Å². The number of likely N-dealkylation sites (N-methyl/N-ethyl adjacent to an activating group) is 1. The molecule has 0 aliphatic carbocycles. The fourth-order valence-corrected chi connectivity index (χ4v) is 4.47. The van der Waals surface area contributed by atoms with Crippen molar-refractivity contribution < 1.29 is 13.3 Å². The van der Waals surface area contributed by atoms with Gasteiger partial charge in [-0.25, -0.2) is 13.1 Å². The summed E-state index contributed by atoms with van der Waals surface area (Å²) in [4.78, 5) is 14.8. The molecule has 2 rings (SSSR count). The number of sulfonamides is 1. The van der Waals surface area contributed by atoms with E-state index in [0.29, 0.717) is 24.1 Å². The van der Waals surface area contributed by atoms with Crippen molar-refractivity contribution in [2.24, 2.45) is 11.8 Å². The van der Waals surface area contributed by atoms with E-state index in [9.17, 15) is 18.5 Å². The molecule has 1 fully saturated rings. The van der Waals surface area contributed by atoms with Crippen molar-refractivity contribution in [3.63, 3.8) is 0 Å². The number of nitrogens with one attached hydrogen (secondary N) is 1. The summed E-state index contributed by atoms with van der Waals surface area (Å²) >= 11 is 0. The number of hydrogen-bond donors (Lipinski definition) is 1. The molecule has 1 aromatic carbocycles. The van der Waals surface area contributed by atoms with Gasteiger partial charge in [0.05, 0.1) is 9.82 Å². The Morgan fingerprint density at radius 2 is 1.88 bits per heavy atom. The Bertz CT molecular complexity index is 741. The number of hydrogen-bond acceptors (Lipinski definition) is 6. The van der Waals surface area contributed by atoms with Gasteiger partial charge in [0.2, 0.25) is 10.0 Å².